The molecule has 1 saturated heterocycles. The Bertz CT molecular complexity index is 495. The van der Waals surface area contributed by atoms with Crippen LogP contribution in [0, 0.1) is 5.41 Å². The van der Waals surface area contributed by atoms with Gasteiger partial charge in [0, 0.05) is 24.0 Å². The highest BCUT2D eigenvalue weighted by Crippen LogP contribution is 2.29. The van der Waals surface area contributed by atoms with Crippen molar-refractivity contribution in [2.45, 2.75) is 19.8 Å². The number of thiophene rings is 1. The quantitative estimate of drug-likeness (QED) is 0.865. The third-order valence-corrected chi connectivity index (χ3v) is 4.30. The molecule has 0 radical (unpaired) electrons. The van der Waals surface area contributed by atoms with Crippen LogP contribution in [-0.2, 0) is 9.59 Å². The number of nitrogens with zero attached hydrogens (tertiary/aromatic N) is 1. The number of carboxylic acids is 1. The minimum Gasteiger partial charge on any atom is -0.481 e. The van der Waals surface area contributed by atoms with Crippen LogP contribution in [0.2, 0.25) is 0 Å². The summed E-state index contributed by atoms with van der Waals surface area (Å²) in [5.41, 5.74) is -0.815. The highest BCUT2D eigenvalue weighted by atomic mass is 32.1. The summed E-state index contributed by atoms with van der Waals surface area (Å²) < 4.78 is 0. The SMILES string of the molecule is CC1(C(=O)O)CCCN(C(=O)C=Cc2cccs2)C1. The molecule has 1 N–H and O–H groups in total. The molecule has 2 rings (SSSR count). The highest BCUT2D eigenvalue weighted by Gasteiger charge is 2.38. The number of carbonyl (C=O) groups excluding carboxylic acids is 1. The van der Waals surface area contributed by atoms with Gasteiger partial charge in [-0.2, -0.15) is 0 Å². The van der Waals surface area contributed by atoms with Crippen molar-refractivity contribution in [2.75, 3.05) is 13.1 Å². The van der Waals surface area contributed by atoms with E-state index in [1.54, 1.807) is 29.2 Å². The summed E-state index contributed by atoms with van der Waals surface area (Å²) in [7, 11) is 0. The van der Waals surface area contributed by atoms with E-state index in [1.807, 2.05) is 17.5 Å². The molecular formula is C14H17NO3S. The fourth-order valence-corrected chi connectivity index (χ4v) is 2.87. The molecule has 1 atom stereocenters. The van der Waals surface area contributed by atoms with Crippen molar-refractivity contribution in [1.82, 2.24) is 4.90 Å². The minimum atomic E-state index is -0.827. The van der Waals surface area contributed by atoms with Crippen molar-refractivity contribution >= 4 is 29.3 Å². The van der Waals surface area contributed by atoms with Crippen molar-refractivity contribution in [1.29, 1.82) is 0 Å². The summed E-state index contributed by atoms with van der Waals surface area (Å²) in [6.07, 6.45) is 4.67. The van der Waals surface area contributed by atoms with Crippen LogP contribution < -0.4 is 0 Å². The number of amides is 1. The van der Waals surface area contributed by atoms with Crippen LogP contribution in [0.1, 0.15) is 24.6 Å². The van der Waals surface area contributed by atoms with Gasteiger partial charge in [0.2, 0.25) is 5.91 Å². The second kappa shape index (κ2) is 5.57. The summed E-state index contributed by atoms with van der Waals surface area (Å²) in [4.78, 5) is 25.9. The number of rotatable bonds is 3. The molecule has 2 heterocycles. The van der Waals surface area contributed by atoms with E-state index in [-0.39, 0.29) is 12.5 Å². The standard InChI is InChI=1S/C14H17NO3S/c1-14(13(17)18)7-3-8-15(10-14)12(16)6-5-11-4-2-9-19-11/h2,4-6,9H,3,7-8,10H2,1H3,(H,17,18). The minimum absolute atomic E-state index is 0.111. The smallest absolute Gasteiger partial charge is 0.311 e. The molecular weight excluding hydrogens is 262 g/mol. The third kappa shape index (κ3) is 3.23. The molecule has 1 amide bonds. The van der Waals surface area contributed by atoms with E-state index in [0.717, 1.165) is 11.3 Å². The largest absolute Gasteiger partial charge is 0.481 e. The van der Waals surface area contributed by atoms with Crippen LogP contribution in [0.15, 0.2) is 23.6 Å². The Balaban J connectivity index is 2.01. The van der Waals surface area contributed by atoms with E-state index >= 15 is 0 Å². The molecule has 0 bridgehead atoms. The second-order valence-electron chi connectivity index (χ2n) is 5.08. The molecule has 102 valence electrons. The molecule has 0 aliphatic carbocycles. The molecule has 1 aromatic rings. The zero-order valence-electron chi connectivity index (χ0n) is 10.8. The lowest BCUT2D eigenvalue weighted by atomic mass is 9.82. The topological polar surface area (TPSA) is 57.6 Å². The first-order valence-electron chi connectivity index (χ1n) is 6.25. The van der Waals surface area contributed by atoms with Crippen LogP contribution in [0.25, 0.3) is 6.08 Å². The zero-order valence-corrected chi connectivity index (χ0v) is 11.7. The number of carboxylic acid groups (broad SMARTS) is 1. The molecule has 0 aromatic carbocycles. The van der Waals surface area contributed by atoms with Crippen LogP contribution in [0.4, 0.5) is 0 Å². The maximum absolute atomic E-state index is 12.1. The molecule has 4 nitrogen and oxygen atoms in total. The Morgan fingerprint density at radius 2 is 2.32 bits per heavy atom. The summed E-state index contributed by atoms with van der Waals surface area (Å²) in [5, 5.41) is 11.2. The van der Waals surface area contributed by atoms with Crippen LogP contribution in [0.5, 0.6) is 0 Å². The number of piperidine rings is 1. The first-order valence-corrected chi connectivity index (χ1v) is 7.13. The molecule has 1 fully saturated rings. The van der Waals surface area contributed by atoms with Gasteiger partial charge in [0.25, 0.3) is 0 Å². The first-order chi connectivity index (χ1) is 9.01. The molecule has 19 heavy (non-hydrogen) atoms. The van der Waals surface area contributed by atoms with Crippen molar-refractivity contribution in [2.24, 2.45) is 5.41 Å². The van der Waals surface area contributed by atoms with Crippen molar-refractivity contribution in [3.8, 4) is 0 Å². The van der Waals surface area contributed by atoms with E-state index in [4.69, 9.17) is 0 Å². The predicted octanol–water partition coefficient (Wildman–Crippen LogP) is 2.47. The molecule has 0 spiro atoms. The van der Waals surface area contributed by atoms with Gasteiger partial charge in [0.1, 0.15) is 0 Å². The average molecular weight is 279 g/mol. The normalized spacial score (nSPS) is 23.7. The third-order valence-electron chi connectivity index (χ3n) is 3.46. The maximum atomic E-state index is 12.1. The summed E-state index contributed by atoms with van der Waals surface area (Å²) in [6, 6.07) is 3.86. The predicted molar refractivity (Wildman–Crippen MR) is 74.9 cm³/mol. The van der Waals surface area contributed by atoms with Crippen LogP contribution in [0.3, 0.4) is 0 Å². The number of carbonyl (C=O) groups is 2. The first kappa shape index (κ1) is 13.8. The highest BCUT2D eigenvalue weighted by molar-refractivity contribution is 7.10. The van der Waals surface area contributed by atoms with Gasteiger partial charge in [0.15, 0.2) is 0 Å². The fourth-order valence-electron chi connectivity index (χ4n) is 2.25. The number of aliphatic carboxylic acids is 1. The number of hydrogen-bond acceptors (Lipinski definition) is 3. The van der Waals surface area contributed by atoms with E-state index in [0.29, 0.717) is 13.0 Å². The fraction of sp³-hybridized carbons (Fsp3) is 0.429. The van der Waals surface area contributed by atoms with Crippen molar-refractivity contribution in [3.05, 3.63) is 28.5 Å². The van der Waals surface area contributed by atoms with Gasteiger partial charge in [0.05, 0.1) is 5.41 Å². The van der Waals surface area contributed by atoms with Gasteiger partial charge >= 0.3 is 5.97 Å². The number of hydrogen-bond donors (Lipinski definition) is 1. The van der Waals surface area contributed by atoms with Gasteiger partial charge in [-0.15, -0.1) is 11.3 Å². The maximum Gasteiger partial charge on any atom is 0.311 e. The Hall–Kier alpha value is -1.62. The van der Waals surface area contributed by atoms with Crippen LogP contribution >= 0.6 is 11.3 Å². The molecule has 1 unspecified atom stereocenters. The molecule has 1 aliphatic rings. The molecule has 1 aromatic heterocycles. The summed E-state index contributed by atoms with van der Waals surface area (Å²) in [6.45, 7) is 2.63. The Morgan fingerprint density at radius 3 is 2.95 bits per heavy atom. The zero-order chi connectivity index (χ0) is 13.9. The van der Waals surface area contributed by atoms with Gasteiger partial charge in [-0.3, -0.25) is 9.59 Å². The van der Waals surface area contributed by atoms with E-state index in [9.17, 15) is 14.7 Å². The monoisotopic (exact) mass is 279 g/mol. The van der Waals surface area contributed by atoms with E-state index in [2.05, 4.69) is 0 Å². The van der Waals surface area contributed by atoms with E-state index in [1.165, 1.54) is 6.08 Å². The molecule has 0 saturated carbocycles. The van der Waals surface area contributed by atoms with Gasteiger partial charge in [-0.1, -0.05) is 6.07 Å². The Kier molecular flexibility index (Phi) is 4.04. The summed E-state index contributed by atoms with van der Waals surface area (Å²) in [5.74, 6) is -0.937. The Labute approximate surface area is 116 Å². The van der Waals surface area contributed by atoms with Gasteiger partial charge in [-0.25, -0.2) is 0 Å². The molecule has 1 aliphatic heterocycles. The van der Waals surface area contributed by atoms with Crippen molar-refractivity contribution < 1.29 is 14.7 Å². The average Bonchev–Trinajstić information content (AvgIpc) is 2.89. The lowest BCUT2D eigenvalue weighted by Crippen LogP contribution is -2.47. The van der Waals surface area contributed by atoms with Gasteiger partial charge < -0.3 is 10.0 Å². The van der Waals surface area contributed by atoms with E-state index < -0.39 is 11.4 Å². The lowest BCUT2D eigenvalue weighted by Gasteiger charge is -2.37. The van der Waals surface area contributed by atoms with Crippen LogP contribution in [-0.4, -0.2) is 35.0 Å². The Morgan fingerprint density at radius 1 is 1.53 bits per heavy atom. The summed E-state index contributed by atoms with van der Waals surface area (Å²) >= 11 is 1.56. The van der Waals surface area contributed by atoms with Gasteiger partial charge in [-0.05, 0) is 37.3 Å². The number of likely N-dealkylation sites (tertiary alicyclic amines) is 1. The molecule has 5 heteroatoms. The van der Waals surface area contributed by atoms with Crippen molar-refractivity contribution in [3.63, 3.8) is 0 Å². The second-order valence-corrected chi connectivity index (χ2v) is 6.06. The lowest BCUT2D eigenvalue weighted by molar-refractivity contribution is -0.152.